The molecule has 2 aromatic carbocycles. The predicted octanol–water partition coefficient (Wildman–Crippen LogP) is 4.06. The summed E-state index contributed by atoms with van der Waals surface area (Å²) in [5.41, 5.74) is 1.10. The Bertz CT molecular complexity index is 885. The highest BCUT2D eigenvalue weighted by Gasteiger charge is 2.21. The van der Waals surface area contributed by atoms with E-state index in [2.05, 4.69) is 20.5 Å². The molecule has 1 atom stereocenters. The van der Waals surface area contributed by atoms with Gasteiger partial charge < -0.3 is 29.7 Å². The molecule has 2 N–H and O–H groups in total. The van der Waals surface area contributed by atoms with E-state index in [9.17, 15) is 4.39 Å². The topological polar surface area (TPSA) is 67.4 Å². The Morgan fingerprint density at radius 3 is 2.33 bits per heavy atom. The third kappa shape index (κ3) is 8.13. The first-order valence-electron chi connectivity index (χ1n) is 10.9. The second kappa shape index (κ2) is 13.3. The van der Waals surface area contributed by atoms with Gasteiger partial charge in [-0.2, -0.15) is 0 Å². The number of rotatable bonds is 8. The molecule has 2 aromatic rings. The molecule has 1 aliphatic rings. The smallest absolute Gasteiger partial charge is 0.191 e. The van der Waals surface area contributed by atoms with E-state index in [4.69, 9.17) is 14.2 Å². The normalized spacial score (nSPS) is 15.3. The second-order valence-electron chi connectivity index (χ2n) is 7.82. The Kier molecular flexibility index (Phi) is 10.8. The third-order valence-corrected chi connectivity index (χ3v) is 5.45. The standard InChI is InChI=1S/C24H33FN4O3.HI/c1-17(32-21-7-5-6-18(25)12-21)16-27-24(26-2)28-19-8-10-29(11-9-19)20-13-22(30-3)15-23(14-20)31-4;/h5-7,12-15,17,19H,8-11,16H2,1-4H3,(H2,26,27,28);1H. The highest BCUT2D eigenvalue weighted by atomic mass is 127. The summed E-state index contributed by atoms with van der Waals surface area (Å²) in [5.74, 6) is 2.53. The molecule has 0 amide bonds. The number of benzene rings is 2. The first-order valence-corrected chi connectivity index (χ1v) is 10.9. The minimum Gasteiger partial charge on any atom is -0.497 e. The van der Waals surface area contributed by atoms with Gasteiger partial charge in [-0.25, -0.2) is 4.39 Å². The quantitative estimate of drug-likeness (QED) is 0.283. The van der Waals surface area contributed by atoms with Crippen LogP contribution in [0.25, 0.3) is 0 Å². The van der Waals surface area contributed by atoms with Crippen LogP contribution >= 0.6 is 24.0 Å². The largest absolute Gasteiger partial charge is 0.497 e. The number of hydrogen-bond donors (Lipinski definition) is 2. The summed E-state index contributed by atoms with van der Waals surface area (Å²) < 4.78 is 29.9. The Balaban J connectivity index is 0.00000385. The van der Waals surface area contributed by atoms with Gasteiger partial charge in [-0.3, -0.25) is 4.99 Å². The molecule has 0 saturated carbocycles. The van der Waals surface area contributed by atoms with Crippen LogP contribution in [-0.4, -0.2) is 59.0 Å². The molecule has 0 bridgehead atoms. The van der Waals surface area contributed by atoms with E-state index in [0.29, 0.717) is 18.3 Å². The van der Waals surface area contributed by atoms with Crippen LogP contribution in [0.4, 0.5) is 10.1 Å². The summed E-state index contributed by atoms with van der Waals surface area (Å²) in [6, 6.07) is 12.5. The molecule has 1 fully saturated rings. The Labute approximate surface area is 212 Å². The molecule has 0 spiro atoms. The van der Waals surface area contributed by atoms with Gasteiger partial charge >= 0.3 is 0 Å². The molecular weight excluding hydrogens is 538 g/mol. The fraction of sp³-hybridized carbons (Fsp3) is 0.458. The number of nitrogens with zero attached hydrogens (tertiary/aromatic N) is 2. The number of aliphatic imine (C=N–C) groups is 1. The maximum absolute atomic E-state index is 13.3. The minimum atomic E-state index is -0.307. The highest BCUT2D eigenvalue weighted by molar-refractivity contribution is 14.0. The van der Waals surface area contributed by atoms with E-state index >= 15 is 0 Å². The molecule has 1 heterocycles. The average molecular weight is 572 g/mol. The number of anilines is 1. The monoisotopic (exact) mass is 572 g/mol. The van der Waals surface area contributed by atoms with E-state index in [1.165, 1.54) is 12.1 Å². The fourth-order valence-corrected chi connectivity index (χ4v) is 3.70. The SMILES string of the molecule is CN=C(NCC(C)Oc1cccc(F)c1)NC1CCN(c2cc(OC)cc(OC)c2)CC1.I. The van der Waals surface area contributed by atoms with Crippen LogP contribution in [0.1, 0.15) is 19.8 Å². The van der Waals surface area contributed by atoms with Gasteiger partial charge in [0.15, 0.2) is 5.96 Å². The minimum absolute atomic E-state index is 0. The zero-order chi connectivity index (χ0) is 22.9. The number of nitrogens with one attached hydrogen (secondary N) is 2. The highest BCUT2D eigenvalue weighted by Crippen LogP contribution is 2.30. The predicted molar refractivity (Wildman–Crippen MR) is 141 cm³/mol. The molecular formula is C24H34FIN4O3. The van der Waals surface area contributed by atoms with Crippen molar-refractivity contribution in [3.63, 3.8) is 0 Å². The number of guanidine groups is 1. The lowest BCUT2D eigenvalue weighted by atomic mass is 10.0. The number of ether oxygens (including phenoxy) is 3. The zero-order valence-electron chi connectivity index (χ0n) is 19.6. The maximum atomic E-state index is 13.3. The van der Waals surface area contributed by atoms with Crippen molar-refractivity contribution >= 4 is 35.6 Å². The summed E-state index contributed by atoms with van der Waals surface area (Å²) in [5, 5.41) is 6.80. The zero-order valence-corrected chi connectivity index (χ0v) is 22.0. The van der Waals surface area contributed by atoms with Gasteiger partial charge in [0.05, 0.1) is 20.8 Å². The van der Waals surface area contributed by atoms with E-state index in [1.807, 2.05) is 25.1 Å². The first-order chi connectivity index (χ1) is 15.5. The van der Waals surface area contributed by atoms with Gasteiger partial charge in [0.2, 0.25) is 0 Å². The van der Waals surface area contributed by atoms with E-state index < -0.39 is 0 Å². The van der Waals surface area contributed by atoms with Crippen molar-refractivity contribution in [3.8, 4) is 17.2 Å². The van der Waals surface area contributed by atoms with E-state index in [0.717, 1.165) is 49.1 Å². The van der Waals surface area contributed by atoms with Crippen molar-refractivity contribution in [1.29, 1.82) is 0 Å². The first kappa shape index (κ1) is 26.8. The molecule has 0 aliphatic carbocycles. The summed E-state index contributed by atoms with van der Waals surface area (Å²) >= 11 is 0. The van der Waals surface area contributed by atoms with Crippen LogP contribution < -0.4 is 29.7 Å². The van der Waals surface area contributed by atoms with Crippen LogP contribution in [-0.2, 0) is 0 Å². The van der Waals surface area contributed by atoms with Crippen molar-refractivity contribution in [2.24, 2.45) is 4.99 Å². The van der Waals surface area contributed by atoms with Gasteiger partial charge in [0.1, 0.15) is 29.2 Å². The summed E-state index contributed by atoms with van der Waals surface area (Å²) in [7, 11) is 5.08. The van der Waals surface area contributed by atoms with Crippen molar-refractivity contribution in [1.82, 2.24) is 10.6 Å². The molecule has 182 valence electrons. The van der Waals surface area contributed by atoms with Crippen molar-refractivity contribution in [2.45, 2.75) is 31.9 Å². The number of methoxy groups -OCH3 is 2. The number of hydrogen-bond acceptors (Lipinski definition) is 5. The summed E-state index contributed by atoms with van der Waals surface area (Å²) in [6.07, 6.45) is 1.82. The molecule has 9 heteroatoms. The van der Waals surface area contributed by atoms with Gasteiger partial charge in [-0.05, 0) is 31.9 Å². The Morgan fingerprint density at radius 1 is 1.09 bits per heavy atom. The van der Waals surface area contributed by atoms with Gasteiger partial charge in [0.25, 0.3) is 0 Å². The van der Waals surface area contributed by atoms with E-state index in [-0.39, 0.29) is 35.9 Å². The number of piperidine rings is 1. The summed E-state index contributed by atoms with van der Waals surface area (Å²) in [6.45, 7) is 4.33. The third-order valence-electron chi connectivity index (χ3n) is 5.45. The van der Waals surface area contributed by atoms with Crippen LogP contribution in [0.5, 0.6) is 17.2 Å². The van der Waals surface area contributed by atoms with Crippen LogP contribution in [0.2, 0.25) is 0 Å². The van der Waals surface area contributed by atoms with Crippen LogP contribution in [0.3, 0.4) is 0 Å². The van der Waals surface area contributed by atoms with Gasteiger partial charge in [-0.1, -0.05) is 6.07 Å². The molecule has 1 saturated heterocycles. The second-order valence-corrected chi connectivity index (χ2v) is 7.82. The number of halogens is 2. The maximum Gasteiger partial charge on any atom is 0.191 e. The molecule has 0 aromatic heterocycles. The van der Waals surface area contributed by atoms with Gasteiger partial charge in [-0.15, -0.1) is 24.0 Å². The van der Waals surface area contributed by atoms with E-state index in [1.54, 1.807) is 33.4 Å². The van der Waals surface area contributed by atoms with Gasteiger partial charge in [0, 0.05) is 56.1 Å². The molecule has 0 radical (unpaired) electrons. The average Bonchev–Trinajstić information content (AvgIpc) is 2.81. The molecule has 33 heavy (non-hydrogen) atoms. The van der Waals surface area contributed by atoms with Crippen molar-refractivity contribution < 1.29 is 18.6 Å². The van der Waals surface area contributed by atoms with Crippen molar-refractivity contribution in [2.75, 3.05) is 45.8 Å². The van der Waals surface area contributed by atoms with Crippen LogP contribution in [0, 0.1) is 5.82 Å². The molecule has 3 rings (SSSR count). The lowest BCUT2D eigenvalue weighted by Crippen LogP contribution is -2.50. The molecule has 1 aliphatic heterocycles. The van der Waals surface area contributed by atoms with Crippen LogP contribution in [0.15, 0.2) is 47.5 Å². The lowest BCUT2D eigenvalue weighted by Gasteiger charge is -2.35. The molecule has 7 nitrogen and oxygen atoms in total. The Morgan fingerprint density at radius 2 is 1.76 bits per heavy atom. The fourth-order valence-electron chi connectivity index (χ4n) is 3.70. The molecule has 1 unspecified atom stereocenters. The lowest BCUT2D eigenvalue weighted by molar-refractivity contribution is 0.222. The summed E-state index contributed by atoms with van der Waals surface area (Å²) in [4.78, 5) is 6.67. The Hall–Kier alpha value is -2.43. The van der Waals surface area contributed by atoms with Crippen molar-refractivity contribution in [3.05, 3.63) is 48.3 Å².